The van der Waals surface area contributed by atoms with Gasteiger partial charge in [-0.15, -0.1) is 0 Å². The number of nitrogen functional groups attached to an aromatic ring is 1. The molecule has 4 nitrogen and oxygen atoms in total. The maximum Gasteiger partial charge on any atom is 0.338 e. The molecule has 0 unspecified atom stereocenters. The maximum absolute atomic E-state index is 11.5. The van der Waals surface area contributed by atoms with Crippen LogP contribution < -0.4 is 5.73 Å². The number of aldehydes is 1. The first-order valence-electron chi connectivity index (χ1n) is 5.21. The van der Waals surface area contributed by atoms with Crippen LogP contribution in [0.1, 0.15) is 40.5 Å². The molecule has 2 N–H and O–H groups in total. The third-order valence-electron chi connectivity index (χ3n) is 2.18. The van der Waals surface area contributed by atoms with Gasteiger partial charge in [0.25, 0.3) is 0 Å². The second-order valence-electron chi connectivity index (χ2n) is 3.45. The first-order valence-corrected chi connectivity index (χ1v) is 5.21. The van der Waals surface area contributed by atoms with Gasteiger partial charge in [-0.05, 0) is 24.6 Å². The molecule has 0 aromatic heterocycles. The first kappa shape index (κ1) is 12.2. The maximum atomic E-state index is 11.5. The highest BCUT2D eigenvalue weighted by molar-refractivity contribution is 5.93. The summed E-state index contributed by atoms with van der Waals surface area (Å²) in [5, 5.41) is 0. The SMILES string of the molecule is CCCCOC(=O)c1ccc(N)c(C=O)c1. The van der Waals surface area contributed by atoms with E-state index >= 15 is 0 Å². The van der Waals surface area contributed by atoms with Crippen LogP contribution in [-0.4, -0.2) is 18.9 Å². The van der Waals surface area contributed by atoms with E-state index in [4.69, 9.17) is 10.5 Å². The number of nitrogens with two attached hydrogens (primary N) is 1. The molecule has 1 aromatic rings. The van der Waals surface area contributed by atoms with Gasteiger partial charge in [-0.25, -0.2) is 4.79 Å². The van der Waals surface area contributed by atoms with Crippen LogP contribution in [0.5, 0.6) is 0 Å². The number of ether oxygens (including phenoxy) is 1. The van der Waals surface area contributed by atoms with Crippen molar-refractivity contribution in [1.82, 2.24) is 0 Å². The van der Waals surface area contributed by atoms with Crippen LogP contribution in [0.25, 0.3) is 0 Å². The van der Waals surface area contributed by atoms with Gasteiger partial charge in [0.2, 0.25) is 0 Å². The van der Waals surface area contributed by atoms with Gasteiger partial charge in [-0.2, -0.15) is 0 Å². The van der Waals surface area contributed by atoms with Gasteiger partial charge in [-0.3, -0.25) is 4.79 Å². The summed E-state index contributed by atoms with van der Waals surface area (Å²) in [7, 11) is 0. The van der Waals surface area contributed by atoms with Gasteiger partial charge in [0.15, 0.2) is 6.29 Å². The number of unbranched alkanes of at least 4 members (excludes halogenated alkanes) is 1. The molecule has 16 heavy (non-hydrogen) atoms. The van der Waals surface area contributed by atoms with Gasteiger partial charge < -0.3 is 10.5 Å². The fourth-order valence-corrected chi connectivity index (χ4v) is 1.20. The van der Waals surface area contributed by atoms with Gasteiger partial charge in [0, 0.05) is 11.3 Å². The molecule has 0 radical (unpaired) electrons. The van der Waals surface area contributed by atoms with Gasteiger partial charge in [0.1, 0.15) is 0 Å². The highest BCUT2D eigenvalue weighted by Crippen LogP contribution is 2.13. The molecule has 0 aliphatic carbocycles. The smallest absolute Gasteiger partial charge is 0.338 e. The molecule has 0 saturated carbocycles. The van der Waals surface area contributed by atoms with E-state index < -0.39 is 5.97 Å². The molecule has 1 rings (SSSR count). The predicted octanol–water partition coefficient (Wildman–Crippen LogP) is 2.04. The number of benzene rings is 1. The molecule has 0 fully saturated rings. The molecule has 0 bridgehead atoms. The molecule has 0 amide bonds. The van der Waals surface area contributed by atoms with Crippen molar-refractivity contribution in [3.8, 4) is 0 Å². The van der Waals surface area contributed by atoms with Crippen LogP contribution in [0.2, 0.25) is 0 Å². The molecular formula is C12H15NO3. The summed E-state index contributed by atoms with van der Waals surface area (Å²) in [5.41, 5.74) is 6.56. The van der Waals surface area contributed by atoms with Gasteiger partial charge >= 0.3 is 5.97 Å². The van der Waals surface area contributed by atoms with E-state index in [0.29, 0.717) is 29.7 Å². The summed E-state index contributed by atoms with van der Waals surface area (Å²) in [4.78, 5) is 22.2. The fourth-order valence-electron chi connectivity index (χ4n) is 1.20. The lowest BCUT2D eigenvalue weighted by Crippen LogP contribution is -2.07. The zero-order valence-corrected chi connectivity index (χ0v) is 9.23. The van der Waals surface area contributed by atoms with Crippen LogP contribution in [0.15, 0.2) is 18.2 Å². The summed E-state index contributed by atoms with van der Waals surface area (Å²) in [6.07, 6.45) is 2.42. The van der Waals surface area contributed by atoms with E-state index in [-0.39, 0.29) is 0 Å². The minimum absolute atomic E-state index is 0.310. The molecule has 86 valence electrons. The lowest BCUT2D eigenvalue weighted by Gasteiger charge is -2.05. The molecule has 0 aliphatic rings. The average molecular weight is 221 g/mol. The molecular weight excluding hydrogens is 206 g/mol. The Labute approximate surface area is 94.4 Å². The standard InChI is InChI=1S/C12H15NO3/c1-2-3-6-16-12(15)9-4-5-11(13)10(7-9)8-14/h4-5,7-8H,2-3,6,13H2,1H3. The second-order valence-corrected chi connectivity index (χ2v) is 3.45. The number of rotatable bonds is 5. The lowest BCUT2D eigenvalue weighted by molar-refractivity contribution is 0.0500. The van der Waals surface area contributed by atoms with E-state index in [1.54, 1.807) is 6.07 Å². The van der Waals surface area contributed by atoms with E-state index in [2.05, 4.69) is 0 Å². The fraction of sp³-hybridized carbons (Fsp3) is 0.333. The van der Waals surface area contributed by atoms with Gasteiger partial charge in [-0.1, -0.05) is 13.3 Å². The third kappa shape index (κ3) is 3.08. The van der Waals surface area contributed by atoms with E-state index in [1.807, 2.05) is 6.92 Å². The normalized spacial score (nSPS) is 9.81. The predicted molar refractivity (Wildman–Crippen MR) is 61.4 cm³/mol. The Hall–Kier alpha value is -1.84. The zero-order chi connectivity index (χ0) is 12.0. The average Bonchev–Trinajstić information content (AvgIpc) is 2.30. The second kappa shape index (κ2) is 5.90. The molecule has 0 saturated heterocycles. The first-order chi connectivity index (χ1) is 7.69. The van der Waals surface area contributed by atoms with E-state index in [0.717, 1.165) is 12.8 Å². The lowest BCUT2D eigenvalue weighted by atomic mass is 10.1. The highest BCUT2D eigenvalue weighted by Gasteiger charge is 2.08. The Bertz CT molecular complexity index is 388. The summed E-state index contributed by atoms with van der Waals surface area (Å²) in [5.74, 6) is -0.420. The Morgan fingerprint density at radius 2 is 2.25 bits per heavy atom. The van der Waals surface area contributed by atoms with Crippen LogP contribution in [0.3, 0.4) is 0 Å². The third-order valence-corrected chi connectivity index (χ3v) is 2.18. The summed E-state index contributed by atoms with van der Waals surface area (Å²) >= 11 is 0. The van der Waals surface area contributed by atoms with Crippen molar-refractivity contribution in [2.45, 2.75) is 19.8 Å². The summed E-state index contributed by atoms with van der Waals surface area (Å²) in [6, 6.07) is 4.52. The molecule has 0 aliphatic heterocycles. The Balaban J connectivity index is 2.72. The van der Waals surface area contributed by atoms with Crippen LogP contribution >= 0.6 is 0 Å². The highest BCUT2D eigenvalue weighted by atomic mass is 16.5. The van der Waals surface area contributed by atoms with Crippen LogP contribution in [0.4, 0.5) is 5.69 Å². The molecule has 0 atom stereocenters. The molecule has 1 aromatic carbocycles. The number of hydrogen-bond donors (Lipinski definition) is 1. The quantitative estimate of drug-likeness (QED) is 0.357. The van der Waals surface area contributed by atoms with Crippen molar-refractivity contribution in [2.75, 3.05) is 12.3 Å². The van der Waals surface area contributed by atoms with Crippen LogP contribution in [0, 0.1) is 0 Å². The van der Waals surface area contributed by atoms with Crippen molar-refractivity contribution in [3.05, 3.63) is 29.3 Å². The topological polar surface area (TPSA) is 69.4 Å². The monoisotopic (exact) mass is 221 g/mol. The van der Waals surface area contributed by atoms with Gasteiger partial charge in [0.05, 0.1) is 12.2 Å². The Morgan fingerprint density at radius 1 is 1.50 bits per heavy atom. The van der Waals surface area contributed by atoms with Crippen molar-refractivity contribution < 1.29 is 14.3 Å². The summed E-state index contributed by atoms with van der Waals surface area (Å²) < 4.78 is 5.01. The molecule has 0 spiro atoms. The number of hydrogen-bond acceptors (Lipinski definition) is 4. The van der Waals surface area contributed by atoms with Crippen LogP contribution in [-0.2, 0) is 4.74 Å². The number of carbonyl (C=O) groups is 2. The minimum Gasteiger partial charge on any atom is -0.462 e. The summed E-state index contributed by atoms with van der Waals surface area (Å²) in [6.45, 7) is 2.41. The largest absolute Gasteiger partial charge is 0.462 e. The minimum atomic E-state index is -0.420. The van der Waals surface area contributed by atoms with Crippen molar-refractivity contribution in [2.24, 2.45) is 0 Å². The number of esters is 1. The zero-order valence-electron chi connectivity index (χ0n) is 9.23. The number of anilines is 1. The molecule has 4 heteroatoms. The van der Waals surface area contributed by atoms with E-state index in [9.17, 15) is 9.59 Å². The number of carbonyl (C=O) groups excluding carboxylic acids is 2. The molecule has 0 heterocycles. The Morgan fingerprint density at radius 3 is 2.88 bits per heavy atom. The Kier molecular flexibility index (Phi) is 4.51. The van der Waals surface area contributed by atoms with Crippen molar-refractivity contribution in [1.29, 1.82) is 0 Å². The van der Waals surface area contributed by atoms with Crippen molar-refractivity contribution in [3.63, 3.8) is 0 Å². The van der Waals surface area contributed by atoms with E-state index in [1.165, 1.54) is 12.1 Å². The van der Waals surface area contributed by atoms with Crippen molar-refractivity contribution >= 4 is 17.9 Å².